The van der Waals surface area contributed by atoms with Crippen LogP contribution in [-0.4, -0.2) is 44.5 Å². The summed E-state index contributed by atoms with van der Waals surface area (Å²) in [6, 6.07) is 6.93. The van der Waals surface area contributed by atoms with Gasteiger partial charge in [-0.1, -0.05) is 37.2 Å². The van der Waals surface area contributed by atoms with Gasteiger partial charge in [0.05, 0.1) is 17.1 Å². The zero-order valence-corrected chi connectivity index (χ0v) is 18.6. The summed E-state index contributed by atoms with van der Waals surface area (Å²) in [4.78, 5) is 4.86. The normalized spacial score (nSPS) is 12.4. The molecule has 0 saturated heterocycles. The number of sulfonamides is 1. The maximum atomic E-state index is 12.6. The minimum atomic E-state index is -3.53. The fraction of sp³-hybridized carbons (Fsp3) is 0.500. The van der Waals surface area contributed by atoms with Crippen LogP contribution < -0.4 is 10.6 Å². The summed E-state index contributed by atoms with van der Waals surface area (Å²) < 4.78 is 31.8. The Morgan fingerprint density at radius 2 is 1.86 bits per heavy atom. The molecule has 0 aliphatic rings. The molecular weight excluding hydrogens is 390 g/mol. The average Bonchev–Trinajstić information content (AvgIpc) is 3.12. The molecular formula is C20H31N5O3S. The first-order valence-electron chi connectivity index (χ1n) is 9.83. The van der Waals surface area contributed by atoms with Crippen LogP contribution in [0.1, 0.15) is 43.4 Å². The van der Waals surface area contributed by atoms with E-state index in [1.807, 2.05) is 26.8 Å². The molecule has 1 aromatic carbocycles. The molecule has 0 fully saturated rings. The molecule has 9 heteroatoms. The highest BCUT2D eigenvalue weighted by Gasteiger charge is 2.20. The van der Waals surface area contributed by atoms with Crippen molar-refractivity contribution >= 4 is 16.0 Å². The third-order valence-electron chi connectivity index (χ3n) is 4.52. The number of aliphatic imine (C=N–C) groups is 1. The van der Waals surface area contributed by atoms with Crippen molar-refractivity contribution in [2.24, 2.45) is 4.99 Å². The Labute approximate surface area is 173 Å². The average molecular weight is 422 g/mol. The standard InChI is InChI=1S/C20H31N5O3S/c1-6-17-16(18(7-2)28-24-17)14-23-20(21-8-3)22-13-15-11-9-10-12-19(15)29(26,27)25(4)5/h9-12H,6-8,13-14H2,1-5H3,(H2,21,22,23). The molecule has 0 unspecified atom stereocenters. The van der Waals surface area contributed by atoms with Crippen LogP contribution in [0.25, 0.3) is 0 Å². The number of aryl methyl sites for hydroxylation is 2. The minimum absolute atomic E-state index is 0.240. The Morgan fingerprint density at radius 3 is 2.48 bits per heavy atom. The molecule has 0 radical (unpaired) electrons. The van der Waals surface area contributed by atoms with Crippen LogP contribution in [-0.2, 0) is 36.0 Å². The molecule has 0 aliphatic heterocycles. The van der Waals surface area contributed by atoms with E-state index in [0.717, 1.165) is 29.9 Å². The van der Waals surface area contributed by atoms with Gasteiger partial charge in [0.1, 0.15) is 5.76 Å². The predicted molar refractivity (Wildman–Crippen MR) is 114 cm³/mol. The molecule has 160 valence electrons. The lowest BCUT2D eigenvalue weighted by Crippen LogP contribution is -2.37. The summed E-state index contributed by atoms with van der Waals surface area (Å²) in [7, 11) is -0.482. The number of nitrogens with one attached hydrogen (secondary N) is 2. The van der Waals surface area contributed by atoms with Gasteiger partial charge in [0.25, 0.3) is 0 Å². The maximum absolute atomic E-state index is 12.6. The quantitative estimate of drug-likeness (QED) is 0.476. The highest BCUT2D eigenvalue weighted by molar-refractivity contribution is 7.89. The second-order valence-electron chi connectivity index (χ2n) is 6.68. The molecule has 0 atom stereocenters. The third-order valence-corrected chi connectivity index (χ3v) is 6.44. The van der Waals surface area contributed by atoms with Crippen molar-refractivity contribution in [3.63, 3.8) is 0 Å². The number of nitrogens with zero attached hydrogens (tertiary/aromatic N) is 3. The molecule has 0 aliphatic carbocycles. The molecule has 1 aromatic heterocycles. The number of benzene rings is 1. The Morgan fingerprint density at radius 1 is 1.14 bits per heavy atom. The molecule has 0 amide bonds. The second-order valence-corrected chi connectivity index (χ2v) is 8.80. The lowest BCUT2D eigenvalue weighted by molar-refractivity contribution is 0.380. The van der Waals surface area contributed by atoms with Crippen molar-refractivity contribution < 1.29 is 12.9 Å². The monoisotopic (exact) mass is 421 g/mol. The van der Waals surface area contributed by atoms with Crippen LogP contribution in [0, 0.1) is 0 Å². The van der Waals surface area contributed by atoms with Crippen LogP contribution in [0.5, 0.6) is 0 Å². The van der Waals surface area contributed by atoms with Crippen LogP contribution in [0.4, 0.5) is 0 Å². The summed E-state index contributed by atoms with van der Waals surface area (Å²) in [5, 5.41) is 10.6. The fourth-order valence-electron chi connectivity index (χ4n) is 2.90. The van der Waals surface area contributed by atoms with Gasteiger partial charge in [-0.05, 0) is 25.0 Å². The van der Waals surface area contributed by atoms with Crippen molar-refractivity contribution in [1.82, 2.24) is 20.1 Å². The van der Waals surface area contributed by atoms with E-state index in [1.165, 1.54) is 18.4 Å². The van der Waals surface area contributed by atoms with Gasteiger partial charge < -0.3 is 15.2 Å². The lowest BCUT2D eigenvalue weighted by Gasteiger charge is -2.15. The number of hydrogen-bond donors (Lipinski definition) is 2. The number of hydrogen-bond acceptors (Lipinski definition) is 5. The van der Waals surface area contributed by atoms with Gasteiger partial charge in [-0.25, -0.2) is 17.7 Å². The van der Waals surface area contributed by atoms with Gasteiger partial charge >= 0.3 is 0 Å². The molecule has 0 bridgehead atoms. The fourth-order valence-corrected chi connectivity index (χ4v) is 4.01. The number of guanidine groups is 1. The van der Waals surface area contributed by atoms with Crippen LogP contribution in [0.2, 0.25) is 0 Å². The third kappa shape index (κ3) is 5.57. The van der Waals surface area contributed by atoms with E-state index in [4.69, 9.17) is 4.52 Å². The first kappa shape index (κ1) is 22.9. The Hall–Kier alpha value is -2.39. The van der Waals surface area contributed by atoms with Gasteiger partial charge in [-0.2, -0.15) is 0 Å². The van der Waals surface area contributed by atoms with Crippen molar-refractivity contribution in [3.8, 4) is 0 Å². The summed E-state index contributed by atoms with van der Waals surface area (Å²) in [5.74, 6) is 1.47. The highest BCUT2D eigenvalue weighted by atomic mass is 32.2. The summed E-state index contributed by atoms with van der Waals surface area (Å²) in [6.07, 6.45) is 1.57. The van der Waals surface area contributed by atoms with Crippen LogP contribution in [0.15, 0.2) is 38.7 Å². The zero-order valence-electron chi connectivity index (χ0n) is 17.8. The summed E-state index contributed by atoms with van der Waals surface area (Å²) in [5.41, 5.74) is 2.63. The van der Waals surface area contributed by atoms with E-state index in [9.17, 15) is 8.42 Å². The van der Waals surface area contributed by atoms with E-state index in [-0.39, 0.29) is 11.4 Å². The molecule has 0 saturated carbocycles. The first-order valence-corrected chi connectivity index (χ1v) is 11.3. The topological polar surface area (TPSA) is 99.8 Å². The molecule has 2 rings (SSSR count). The van der Waals surface area contributed by atoms with Crippen LogP contribution >= 0.6 is 0 Å². The largest absolute Gasteiger partial charge is 0.361 e. The summed E-state index contributed by atoms with van der Waals surface area (Å²) >= 11 is 0. The number of rotatable bonds is 9. The van der Waals surface area contributed by atoms with Gasteiger partial charge in [-0.15, -0.1) is 0 Å². The molecule has 2 aromatic rings. The van der Waals surface area contributed by atoms with E-state index in [1.54, 1.807) is 18.2 Å². The van der Waals surface area contributed by atoms with Gasteiger partial charge in [0.2, 0.25) is 10.0 Å². The predicted octanol–water partition coefficient (Wildman–Crippen LogP) is 2.31. The zero-order chi connectivity index (χ0) is 21.4. The van der Waals surface area contributed by atoms with Crippen LogP contribution in [0.3, 0.4) is 0 Å². The molecule has 0 spiro atoms. The SMILES string of the molecule is CCNC(=NCc1ccccc1S(=O)(=O)N(C)C)NCc1c(CC)noc1CC. The molecule has 2 N–H and O–H groups in total. The van der Waals surface area contributed by atoms with Crippen molar-refractivity contribution in [2.45, 2.75) is 51.6 Å². The van der Waals surface area contributed by atoms with Crippen molar-refractivity contribution in [1.29, 1.82) is 0 Å². The summed E-state index contributed by atoms with van der Waals surface area (Å²) in [6.45, 7) is 7.53. The van der Waals surface area contributed by atoms with Gasteiger partial charge in [-0.3, -0.25) is 0 Å². The minimum Gasteiger partial charge on any atom is -0.361 e. The van der Waals surface area contributed by atoms with Gasteiger partial charge in [0.15, 0.2) is 5.96 Å². The molecule has 29 heavy (non-hydrogen) atoms. The Balaban J connectivity index is 2.22. The van der Waals surface area contributed by atoms with Crippen molar-refractivity contribution in [3.05, 3.63) is 46.8 Å². The van der Waals surface area contributed by atoms with E-state index < -0.39 is 10.0 Å². The molecule has 1 heterocycles. The smallest absolute Gasteiger partial charge is 0.242 e. The van der Waals surface area contributed by atoms with Gasteiger partial charge in [0, 0.05) is 39.2 Å². The second kappa shape index (κ2) is 10.4. The first-order chi connectivity index (χ1) is 13.8. The van der Waals surface area contributed by atoms with E-state index >= 15 is 0 Å². The maximum Gasteiger partial charge on any atom is 0.242 e. The number of aromatic nitrogens is 1. The van der Waals surface area contributed by atoms with E-state index in [0.29, 0.717) is 24.6 Å². The van der Waals surface area contributed by atoms with Crippen molar-refractivity contribution in [2.75, 3.05) is 20.6 Å². The van der Waals surface area contributed by atoms with E-state index in [2.05, 4.69) is 20.8 Å². The lowest BCUT2D eigenvalue weighted by atomic mass is 10.1. The Kier molecular flexibility index (Phi) is 8.21. The molecule has 8 nitrogen and oxygen atoms in total. The Bertz CT molecular complexity index is 914. The highest BCUT2D eigenvalue weighted by Crippen LogP contribution is 2.19.